The van der Waals surface area contributed by atoms with Gasteiger partial charge in [0.05, 0.1) is 7.11 Å². The number of benzene rings is 3. The fourth-order valence-electron chi connectivity index (χ4n) is 2.53. The normalized spacial score (nSPS) is 11.6. The fourth-order valence-corrected chi connectivity index (χ4v) is 3.10. The topological polar surface area (TPSA) is 35.5 Å². The number of ketones is 1. The molecule has 4 heteroatoms. The highest BCUT2D eigenvalue weighted by molar-refractivity contribution is 9.09. The van der Waals surface area contributed by atoms with E-state index in [1.54, 1.807) is 19.2 Å². The zero-order valence-corrected chi connectivity index (χ0v) is 16.0. The van der Waals surface area contributed by atoms with Crippen LogP contribution in [-0.2, 0) is 6.61 Å². The molecule has 132 valence electrons. The molecule has 0 saturated carbocycles. The minimum absolute atomic E-state index is 0.00442. The third-order valence-electron chi connectivity index (χ3n) is 4.03. The fraction of sp³-hybridized carbons (Fsp3) is 0.136. The van der Waals surface area contributed by atoms with Crippen LogP contribution in [0.2, 0.25) is 0 Å². The van der Waals surface area contributed by atoms with Gasteiger partial charge in [-0.25, -0.2) is 0 Å². The summed E-state index contributed by atoms with van der Waals surface area (Å²) in [4.78, 5) is 12.3. The van der Waals surface area contributed by atoms with Crippen LogP contribution < -0.4 is 9.47 Å². The van der Waals surface area contributed by atoms with Crippen molar-refractivity contribution in [3.8, 4) is 11.5 Å². The Labute approximate surface area is 161 Å². The molecule has 3 nitrogen and oxygen atoms in total. The Kier molecular flexibility index (Phi) is 6.08. The average molecular weight is 411 g/mol. The Hall–Kier alpha value is -2.59. The molecule has 1 atom stereocenters. The number of hydrogen-bond donors (Lipinski definition) is 0. The molecule has 0 heterocycles. The van der Waals surface area contributed by atoms with Gasteiger partial charge in [-0.05, 0) is 47.5 Å². The highest BCUT2D eigenvalue weighted by atomic mass is 79.9. The second-order valence-corrected chi connectivity index (χ2v) is 6.71. The summed E-state index contributed by atoms with van der Waals surface area (Å²) in [5.74, 6) is 1.51. The lowest BCUT2D eigenvalue weighted by Gasteiger charge is -2.11. The standard InChI is InChI=1S/C22H19BrO3/c1-25-19-11-7-17(8-12-19)21(23)22(24)18-9-13-20(14-10-18)26-15-16-5-3-2-4-6-16/h2-14,21H,15H2,1H3. The Bertz CT molecular complexity index is 843. The summed E-state index contributed by atoms with van der Waals surface area (Å²) in [6.45, 7) is 0.501. The molecule has 0 aliphatic rings. The van der Waals surface area contributed by atoms with Gasteiger partial charge in [0, 0.05) is 5.56 Å². The minimum atomic E-state index is -0.399. The summed E-state index contributed by atoms with van der Waals surface area (Å²) in [6.07, 6.45) is 0. The second-order valence-electron chi connectivity index (χ2n) is 5.80. The van der Waals surface area contributed by atoms with Crippen LogP contribution in [0.15, 0.2) is 78.9 Å². The maximum Gasteiger partial charge on any atom is 0.180 e. The van der Waals surface area contributed by atoms with Crippen molar-refractivity contribution in [2.75, 3.05) is 7.11 Å². The van der Waals surface area contributed by atoms with Crippen LogP contribution in [0, 0.1) is 0 Å². The first-order valence-electron chi connectivity index (χ1n) is 8.26. The Morgan fingerprint density at radius 1 is 0.885 bits per heavy atom. The van der Waals surface area contributed by atoms with Crippen LogP contribution in [-0.4, -0.2) is 12.9 Å². The van der Waals surface area contributed by atoms with Gasteiger partial charge in [0.1, 0.15) is 22.9 Å². The van der Waals surface area contributed by atoms with Gasteiger partial charge in [0.15, 0.2) is 5.78 Å². The van der Waals surface area contributed by atoms with Crippen molar-refractivity contribution in [1.82, 2.24) is 0 Å². The van der Waals surface area contributed by atoms with E-state index in [2.05, 4.69) is 15.9 Å². The van der Waals surface area contributed by atoms with E-state index in [0.29, 0.717) is 12.2 Å². The Morgan fingerprint density at radius 3 is 2.12 bits per heavy atom. The number of carbonyl (C=O) groups excluding carboxylic acids is 1. The SMILES string of the molecule is COc1ccc(C(Br)C(=O)c2ccc(OCc3ccccc3)cc2)cc1. The molecule has 0 aliphatic heterocycles. The molecule has 0 spiro atoms. The van der Waals surface area contributed by atoms with Crippen molar-refractivity contribution < 1.29 is 14.3 Å². The molecule has 3 aromatic carbocycles. The largest absolute Gasteiger partial charge is 0.497 e. The highest BCUT2D eigenvalue weighted by Crippen LogP contribution is 2.29. The average Bonchev–Trinajstić information content (AvgIpc) is 2.72. The second kappa shape index (κ2) is 8.68. The van der Waals surface area contributed by atoms with Crippen molar-refractivity contribution in [2.24, 2.45) is 0 Å². The zero-order chi connectivity index (χ0) is 18.4. The van der Waals surface area contributed by atoms with E-state index in [-0.39, 0.29) is 5.78 Å². The van der Waals surface area contributed by atoms with Crippen LogP contribution in [0.4, 0.5) is 0 Å². The predicted octanol–water partition coefficient (Wildman–Crippen LogP) is 5.59. The summed E-state index contributed by atoms with van der Waals surface area (Å²) in [7, 11) is 1.62. The van der Waals surface area contributed by atoms with Gasteiger partial charge in [-0.2, -0.15) is 0 Å². The summed E-state index contributed by atoms with van der Waals surface area (Å²) >= 11 is 3.49. The molecule has 3 rings (SSSR count). The molecule has 3 aromatic rings. The predicted molar refractivity (Wildman–Crippen MR) is 106 cm³/mol. The number of alkyl halides is 1. The number of Topliss-reactive ketones (excluding diaryl/α,β-unsaturated/α-hetero) is 1. The molecule has 0 amide bonds. The van der Waals surface area contributed by atoms with Crippen molar-refractivity contribution in [3.05, 3.63) is 95.6 Å². The van der Waals surface area contributed by atoms with Crippen molar-refractivity contribution >= 4 is 21.7 Å². The molecule has 0 N–H and O–H groups in total. The first-order chi connectivity index (χ1) is 12.7. The van der Waals surface area contributed by atoms with Crippen LogP contribution in [0.1, 0.15) is 26.3 Å². The lowest BCUT2D eigenvalue weighted by atomic mass is 10.0. The first kappa shape index (κ1) is 18.2. The number of rotatable bonds is 7. The van der Waals surface area contributed by atoms with Crippen molar-refractivity contribution in [2.45, 2.75) is 11.4 Å². The number of hydrogen-bond acceptors (Lipinski definition) is 3. The van der Waals surface area contributed by atoms with E-state index in [1.807, 2.05) is 66.7 Å². The molecule has 1 unspecified atom stereocenters. The lowest BCUT2D eigenvalue weighted by Crippen LogP contribution is -2.07. The van der Waals surface area contributed by atoms with E-state index >= 15 is 0 Å². The maximum atomic E-state index is 12.7. The monoisotopic (exact) mass is 410 g/mol. The molecular formula is C22H19BrO3. The van der Waals surface area contributed by atoms with E-state index in [1.165, 1.54) is 0 Å². The number of methoxy groups -OCH3 is 1. The van der Waals surface area contributed by atoms with Gasteiger partial charge >= 0.3 is 0 Å². The summed E-state index contributed by atoms with van der Waals surface area (Å²) in [6, 6.07) is 24.7. The van der Waals surface area contributed by atoms with Gasteiger partial charge in [0.25, 0.3) is 0 Å². The van der Waals surface area contributed by atoms with Crippen molar-refractivity contribution in [3.63, 3.8) is 0 Å². The molecule has 0 saturated heterocycles. The minimum Gasteiger partial charge on any atom is -0.497 e. The van der Waals surface area contributed by atoms with Crippen LogP contribution >= 0.6 is 15.9 Å². The summed E-state index contributed by atoms with van der Waals surface area (Å²) in [5, 5.41) is 0. The Morgan fingerprint density at radius 2 is 1.50 bits per heavy atom. The highest BCUT2D eigenvalue weighted by Gasteiger charge is 2.19. The third kappa shape index (κ3) is 4.52. The van der Waals surface area contributed by atoms with Gasteiger partial charge in [0.2, 0.25) is 0 Å². The number of halogens is 1. The molecule has 0 aromatic heterocycles. The molecule has 0 radical (unpaired) electrons. The summed E-state index contributed by atoms with van der Waals surface area (Å²) in [5.41, 5.74) is 2.63. The van der Waals surface area contributed by atoms with E-state index in [9.17, 15) is 4.79 Å². The van der Waals surface area contributed by atoms with Gasteiger partial charge in [-0.3, -0.25) is 4.79 Å². The van der Waals surface area contributed by atoms with E-state index in [0.717, 1.165) is 22.6 Å². The smallest absolute Gasteiger partial charge is 0.180 e. The van der Waals surface area contributed by atoms with Gasteiger partial charge in [-0.1, -0.05) is 58.4 Å². The van der Waals surface area contributed by atoms with Crippen LogP contribution in [0.25, 0.3) is 0 Å². The van der Waals surface area contributed by atoms with E-state index in [4.69, 9.17) is 9.47 Å². The van der Waals surface area contributed by atoms with Gasteiger partial charge < -0.3 is 9.47 Å². The zero-order valence-electron chi connectivity index (χ0n) is 14.4. The third-order valence-corrected chi connectivity index (χ3v) is 4.97. The van der Waals surface area contributed by atoms with Crippen molar-refractivity contribution in [1.29, 1.82) is 0 Å². The molecule has 26 heavy (non-hydrogen) atoms. The van der Waals surface area contributed by atoms with Crippen LogP contribution in [0.3, 0.4) is 0 Å². The number of carbonyl (C=O) groups is 1. The quantitative estimate of drug-likeness (QED) is 0.376. The molecule has 0 aliphatic carbocycles. The lowest BCUT2D eigenvalue weighted by molar-refractivity contribution is 0.0991. The Balaban J connectivity index is 1.64. The number of ether oxygens (including phenoxy) is 2. The first-order valence-corrected chi connectivity index (χ1v) is 9.18. The maximum absolute atomic E-state index is 12.7. The molecule has 0 fully saturated rings. The molecule has 0 bridgehead atoms. The van der Waals surface area contributed by atoms with Gasteiger partial charge in [-0.15, -0.1) is 0 Å². The summed E-state index contributed by atoms with van der Waals surface area (Å²) < 4.78 is 10.9. The molecular weight excluding hydrogens is 392 g/mol. The van der Waals surface area contributed by atoms with Crippen LogP contribution in [0.5, 0.6) is 11.5 Å². The van der Waals surface area contributed by atoms with E-state index < -0.39 is 4.83 Å².